The molecule has 0 spiro atoms. The van der Waals surface area contributed by atoms with Gasteiger partial charge in [-0.15, -0.1) is 0 Å². The summed E-state index contributed by atoms with van der Waals surface area (Å²) in [6.45, 7) is 2.64. The van der Waals surface area contributed by atoms with E-state index in [1.54, 1.807) is 30.3 Å². The first-order valence-electron chi connectivity index (χ1n) is 5.67. The van der Waals surface area contributed by atoms with Gasteiger partial charge in [0.05, 0.1) is 5.56 Å². The van der Waals surface area contributed by atoms with Gasteiger partial charge < -0.3 is 10.0 Å². The van der Waals surface area contributed by atoms with E-state index in [-0.39, 0.29) is 0 Å². The summed E-state index contributed by atoms with van der Waals surface area (Å²) in [6.07, 6.45) is 4.28. The molecule has 1 N–H and O–H groups in total. The van der Waals surface area contributed by atoms with Crippen molar-refractivity contribution in [3.63, 3.8) is 0 Å². The average molecular weight is 221 g/mol. The number of likely N-dealkylation sites (tertiary alicyclic amines) is 1. The van der Waals surface area contributed by atoms with Gasteiger partial charge in [0.2, 0.25) is 0 Å². The predicted octanol–water partition coefficient (Wildman–Crippen LogP) is 2.49. The van der Waals surface area contributed by atoms with Crippen LogP contribution in [0.15, 0.2) is 30.3 Å². The van der Waals surface area contributed by atoms with E-state index in [9.17, 15) is 4.79 Å². The van der Waals surface area contributed by atoms with Gasteiger partial charge in [-0.05, 0) is 45.1 Å². The average Bonchev–Trinajstić information content (AvgIpc) is 2.32. The molecule has 1 fully saturated rings. The molecular weight excluding hydrogens is 202 g/mol. The number of carboxylic acids is 1. The van der Waals surface area contributed by atoms with Gasteiger partial charge in [0.25, 0.3) is 0 Å². The monoisotopic (exact) mass is 221 g/mol. The zero-order chi connectivity index (χ0) is 11.8. The second kappa shape index (κ2) is 7.01. The molecule has 0 atom stereocenters. The van der Waals surface area contributed by atoms with Crippen LogP contribution < -0.4 is 0 Å². The number of rotatable bonds is 1. The van der Waals surface area contributed by atoms with E-state index in [2.05, 4.69) is 11.9 Å². The van der Waals surface area contributed by atoms with E-state index in [4.69, 9.17) is 5.11 Å². The number of aromatic carboxylic acids is 1. The van der Waals surface area contributed by atoms with E-state index in [1.165, 1.54) is 32.4 Å². The third kappa shape index (κ3) is 4.94. The van der Waals surface area contributed by atoms with Gasteiger partial charge >= 0.3 is 5.97 Å². The zero-order valence-corrected chi connectivity index (χ0v) is 9.72. The fourth-order valence-corrected chi connectivity index (χ4v) is 1.63. The summed E-state index contributed by atoms with van der Waals surface area (Å²) in [5.74, 6) is -0.879. The highest BCUT2D eigenvalue weighted by Gasteiger charge is 2.02. The van der Waals surface area contributed by atoms with Crippen LogP contribution in [0, 0.1) is 0 Å². The predicted molar refractivity (Wildman–Crippen MR) is 64.7 cm³/mol. The molecule has 1 aromatic carbocycles. The standard InChI is InChI=1S/C7H6O2.C6H13N/c8-7(9)6-4-2-1-3-5-6;1-7-5-3-2-4-6-7/h1-5H,(H,8,9);2-6H2,1H3. The molecule has 1 saturated heterocycles. The SMILES string of the molecule is CN1CCCCC1.O=C(O)c1ccccc1. The maximum atomic E-state index is 10.2. The lowest BCUT2D eigenvalue weighted by atomic mass is 10.1. The molecule has 1 aliphatic rings. The Hall–Kier alpha value is -1.35. The number of piperidine rings is 1. The lowest BCUT2D eigenvalue weighted by Crippen LogP contribution is -2.24. The summed E-state index contributed by atoms with van der Waals surface area (Å²) in [4.78, 5) is 12.6. The van der Waals surface area contributed by atoms with Gasteiger partial charge in [-0.1, -0.05) is 24.6 Å². The first-order chi connectivity index (χ1) is 7.70. The van der Waals surface area contributed by atoms with Crippen LogP contribution >= 0.6 is 0 Å². The van der Waals surface area contributed by atoms with Gasteiger partial charge in [-0.3, -0.25) is 0 Å². The van der Waals surface area contributed by atoms with Crippen molar-refractivity contribution >= 4 is 5.97 Å². The molecule has 0 aliphatic carbocycles. The minimum atomic E-state index is -0.879. The number of hydrogen-bond acceptors (Lipinski definition) is 2. The lowest BCUT2D eigenvalue weighted by Gasteiger charge is -2.20. The summed E-state index contributed by atoms with van der Waals surface area (Å²) < 4.78 is 0. The van der Waals surface area contributed by atoms with Gasteiger partial charge in [-0.2, -0.15) is 0 Å². The van der Waals surface area contributed by atoms with E-state index in [1.807, 2.05) is 0 Å². The molecule has 1 aromatic rings. The van der Waals surface area contributed by atoms with Crippen molar-refractivity contribution in [2.24, 2.45) is 0 Å². The van der Waals surface area contributed by atoms with Crippen LogP contribution in [0.5, 0.6) is 0 Å². The molecule has 3 nitrogen and oxygen atoms in total. The minimum absolute atomic E-state index is 0.331. The third-order valence-corrected chi connectivity index (χ3v) is 2.60. The largest absolute Gasteiger partial charge is 0.478 e. The van der Waals surface area contributed by atoms with Crippen molar-refractivity contribution < 1.29 is 9.90 Å². The zero-order valence-electron chi connectivity index (χ0n) is 9.72. The molecule has 0 radical (unpaired) electrons. The molecule has 2 rings (SSSR count). The highest BCUT2D eigenvalue weighted by molar-refractivity contribution is 5.87. The molecule has 0 amide bonds. The molecule has 1 aliphatic heterocycles. The number of hydrogen-bond donors (Lipinski definition) is 1. The Morgan fingerprint density at radius 2 is 1.69 bits per heavy atom. The van der Waals surface area contributed by atoms with Crippen LogP contribution in [-0.2, 0) is 0 Å². The number of carbonyl (C=O) groups is 1. The maximum absolute atomic E-state index is 10.2. The maximum Gasteiger partial charge on any atom is 0.335 e. The molecule has 16 heavy (non-hydrogen) atoms. The highest BCUT2D eigenvalue weighted by atomic mass is 16.4. The molecule has 0 aromatic heterocycles. The number of nitrogens with zero attached hydrogens (tertiary/aromatic N) is 1. The van der Waals surface area contributed by atoms with Gasteiger partial charge in [0.15, 0.2) is 0 Å². The van der Waals surface area contributed by atoms with E-state index in [0.29, 0.717) is 5.56 Å². The Bertz CT molecular complexity index is 305. The molecule has 0 saturated carbocycles. The van der Waals surface area contributed by atoms with Crippen LogP contribution in [0.1, 0.15) is 29.6 Å². The first-order valence-corrected chi connectivity index (χ1v) is 5.67. The summed E-state index contributed by atoms with van der Waals surface area (Å²) in [5, 5.41) is 8.38. The highest BCUT2D eigenvalue weighted by Crippen LogP contribution is 2.04. The third-order valence-electron chi connectivity index (χ3n) is 2.60. The van der Waals surface area contributed by atoms with Crippen LogP contribution in [0.25, 0.3) is 0 Å². The van der Waals surface area contributed by atoms with Gasteiger partial charge in [-0.25, -0.2) is 4.79 Å². The molecule has 0 unspecified atom stereocenters. The van der Waals surface area contributed by atoms with Gasteiger partial charge in [0.1, 0.15) is 0 Å². The Morgan fingerprint density at radius 1 is 1.12 bits per heavy atom. The Labute approximate surface area is 96.7 Å². The van der Waals surface area contributed by atoms with E-state index >= 15 is 0 Å². The lowest BCUT2D eigenvalue weighted by molar-refractivity contribution is 0.0697. The molecule has 0 bridgehead atoms. The Kier molecular flexibility index (Phi) is 5.57. The topological polar surface area (TPSA) is 40.5 Å². The van der Waals surface area contributed by atoms with Crippen molar-refractivity contribution in [1.82, 2.24) is 4.90 Å². The molecule has 1 heterocycles. The number of carboxylic acid groups (broad SMARTS) is 1. The second-order valence-electron chi connectivity index (χ2n) is 4.04. The summed E-state index contributed by atoms with van der Waals surface area (Å²) in [5.41, 5.74) is 0.331. The summed E-state index contributed by atoms with van der Waals surface area (Å²) in [7, 11) is 2.19. The fourth-order valence-electron chi connectivity index (χ4n) is 1.63. The van der Waals surface area contributed by atoms with Crippen molar-refractivity contribution in [2.45, 2.75) is 19.3 Å². The molecule has 3 heteroatoms. The van der Waals surface area contributed by atoms with Crippen LogP contribution in [0.3, 0.4) is 0 Å². The first kappa shape index (κ1) is 12.7. The fraction of sp³-hybridized carbons (Fsp3) is 0.462. The summed E-state index contributed by atoms with van der Waals surface area (Å²) >= 11 is 0. The van der Waals surface area contributed by atoms with Crippen LogP contribution in [0.4, 0.5) is 0 Å². The van der Waals surface area contributed by atoms with Crippen LogP contribution in [-0.4, -0.2) is 36.1 Å². The van der Waals surface area contributed by atoms with Crippen molar-refractivity contribution in [3.05, 3.63) is 35.9 Å². The smallest absolute Gasteiger partial charge is 0.335 e. The van der Waals surface area contributed by atoms with E-state index < -0.39 is 5.97 Å². The summed E-state index contributed by atoms with van der Waals surface area (Å²) in [6, 6.07) is 8.30. The minimum Gasteiger partial charge on any atom is -0.478 e. The Morgan fingerprint density at radius 3 is 2.00 bits per heavy atom. The number of benzene rings is 1. The molecular formula is C13H19NO2. The molecule has 88 valence electrons. The van der Waals surface area contributed by atoms with Gasteiger partial charge in [0, 0.05) is 0 Å². The van der Waals surface area contributed by atoms with Crippen molar-refractivity contribution in [2.75, 3.05) is 20.1 Å². The van der Waals surface area contributed by atoms with Crippen molar-refractivity contribution in [1.29, 1.82) is 0 Å². The normalized spacial score (nSPS) is 16.1. The van der Waals surface area contributed by atoms with Crippen molar-refractivity contribution in [3.8, 4) is 0 Å². The quantitative estimate of drug-likeness (QED) is 0.792. The Balaban J connectivity index is 0.000000165. The van der Waals surface area contributed by atoms with Crippen LogP contribution in [0.2, 0.25) is 0 Å². The van der Waals surface area contributed by atoms with E-state index in [0.717, 1.165) is 0 Å². The second-order valence-corrected chi connectivity index (χ2v) is 4.04.